The molecule has 1 aliphatic rings. The van der Waals surface area contributed by atoms with E-state index in [0.717, 1.165) is 30.2 Å². The average molecular weight is 312 g/mol. The summed E-state index contributed by atoms with van der Waals surface area (Å²) in [6.45, 7) is 0. The van der Waals surface area contributed by atoms with Crippen molar-refractivity contribution in [2.75, 3.05) is 7.11 Å². The third kappa shape index (κ3) is 2.16. The number of ether oxygens (including phenoxy) is 1. The zero-order chi connectivity index (χ0) is 13.2. The van der Waals surface area contributed by atoms with Gasteiger partial charge in [-0.25, -0.2) is 4.79 Å². The molecule has 0 aromatic heterocycles. The fourth-order valence-corrected chi connectivity index (χ4v) is 3.01. The van der Waals surface area contributed by atoms with Crippen LogP contribution < -0.4 is 4.74 Å². The van der Waals surface area contributed by atoms with Gasteiger partial charge in [0.2, 0.25) is 6.08 Å². The Morgan fingerprint density at radius 3 is 2.67 bits per heavy atom. The molecular formula is C13H14BrNO3. The van der Waals surface area contributed by atoms with Crippen molar-refractivity contribution >= 4 is 22.0 Å². The van der Waals surface area contributed by atoms with Gasteiger partial charge >= 0.3 is 0 Å². The number of nitrogens with zero attached hydrogens (tertiary/aromatic N) is 1. The molecule has 1 N–H and O–H groups in total. The maximum atomic E-state index is 10.7. The number of phenols is 1. The van der Waals surface area contributed by atoms with Crippen LogP contribution in [0.3, 0.4) is 0 Å². The molecule has 0 amide bonds. The standard InChI is InChI=1S/C13H14BrNO3/c1-18-11-7-9(14)6-10(12(11)17)13(15-8-16)4-2-3-5-13/h6-7,17H,2-5H2,1H3. The van der Waals surface area contributed by atoms with E-state index in [4.69, 9.17) is 4.74 Å². The van der Waals surface area contributed by atoms with E-state index in [2.05, 4.69) is 20.9 Å². The fraction of sp³-hybridized carbons (Fsp3) is 0.462. The van der Waals surface area contributed by atoms with Gasteiger partial charge in [0.25, 0.3) is 0 Å². The minimum absolute atomic E-state index is 0.0570. The third-order valence-corrected chi connectivity index (χ3v) is 3.91. The SMILES string of the molecule is COc1cc(Br)cc(C2(N=C=O)CCCC2)c1O. The second-order valence-electron chi connectivity index (χ2n) is 4.45. The molecule has 1 aliphatic carbocycles. The van der Waals surface area contributed by atoms with Crippen molar-refractivity contribution in [2.24, 2.45) is 4.99 Å². The number of rotatable bonds is 3. The summed E-state index contributed by atoms with van der Waals surface area (Å²) in [6.07, 6.45) is 5.10. The third-order valence-electron chi connectivity index (χ3n) is 3.45. The molecule has 0 saturated heterocycles. The van der Waals surface area contributed by atoms with Crippen LogP contribution in [0.4, 0.5) is 0 Å². The number of aromatic hydroxyl groups is 1. The molecule has 1 aromatic rings. The number of hydrogen-bond donors (Lipinski definition) is 1. The van der Waals surface area contributed by atoms with Gasteiger partial charge in [-0.05, 0) is 25.0 Å². The summed E-state index contributed by atoms with van der Waals surface area (Å²) in [4.78, 5) is 14.6. The molecule has 96 valence electrons. The van der Waals surface area contributed by atoms with Crippen molar-refractivity contribution in [2.45, 2.75) is 31.2 Å². The molecule has 1 aromatic carbocycles. The predicted octanol–water partition coefficient (Wildman–Crippen LogP) is 3.27. The summed E-state index contributed by atoms with van der Waals surface area (Å²) in [5.41, 5.74) is -0.0160. The van der Waals surface area contributed by atoms with Crippen LogP contribution in [0.25, 0.3) is 0 Å². The van der Waals surface area contributed by atoms with Crippen LogP contribution in [0.5, 0.6) is 11.5 Å². The van der Waals surface area contributed by atoms with E-state index in [9.17, 15) is 9.90 Å². The van der Waals surface area contributed by atoms with E-state index in [0.29, 0.717) is 11.3 Å². The average Bonchev–Trinajstić information content (AvgIpc) is 2.81. The van der Waals surface area contributed by atoms with E-state index in [-0.39, 0.29) is 5.75 Å². The number of phenolic OH excluding ortho intramolecular Hbond substituents is 1. The number of benzene rings is 1. The lowest BCUT2D eigenvalue weighted by Gasteiger charge is -2.24. The highest BCUT2D eigenvalue weighted by Gasteiger charge is 2.38. The van der Waals surface area contributed by atoms with Gasteiger partial charge in [-0.1, -0.05) is 28.8 Å². The van der Waals surface area contributed by atoms with Crippen molar-refractivity contribution in [3.05, 3.63) is 22.2 Å². The molecule has 2 rings (SSSR count). The van der Waals surface area contributed by atoms with Gasteiger partial charge in [0.15, 0.2) is 11.5 Å². The summed E-state index contributed by atoms with van der Waals surface area (Å²) in [7, 11) is 1.50. The van der Waals surface area contributed by atoms with Crippen LogP contribution in [0.15, 0.2) is 21.6 Å². The molecule has 1 saturated carbocycles. The second kappa shape index (κ2) is 5.12. The Hall–Kier alpha value is -1.32. The van der Waals surface area contributed by atoms with Gasteiger partial charge in [-0.3, -0.25) is 0 Å². The first-order valence-electron chi connectivity index (χ1n) is 5.79. The van der Waals surface area contributed by atoms with E-state index < -0.39 is 5.54 Å². The van der Waals surface area contributed by atoms with Crippen LogP contribution in [-0.2, 0) is 10.3 Å². The van der Waals surface area contributed by atoms with Gasteiger partial charge in [0.05, 0.1) is 7.11 Å². The summed E-state index contributed by atoms with van der Waals surface area (Å²) in [6, 6.07) is 3.48. The zero-order valence-corrected chi connectivity index (χ0v) is 11.7. The lowest BCUT2D eigenvalue weighted by molar-refractivity contribution is 0.355. The fourth-order valence-electron chi connectivity index (χ4n) is 2.57. The monoisotopic (exact) mass is 311 g/mol. The summed E-state index contributed by atoms with van der Waals surface area (Å²) < 4.78 is 5.92. The highest BCUT2D eigenvalue weighted by molar-refractivity contribution is 9.10. The zero-order valence-electron chi connectivity index (χ0n) is 10.1. The van der Waals surface area contributed by atoms with E-state index in [1.807, 2.05) is 0 Å². The van der Waals surface area contributed by atoms with Gasteiger partial charge in [-0.2, -0.15) is 4.99 Å². The minimum atomic E-state index is -0.650. The number of carbonyl (C=O) groups excluding carboxylic acids is 1. The number of aliphatic imine (C=N–C) groups is 1. The molecule has 0 bridgehead atoms. The first-order chi connectivity index (χ1) is 8.63. The molecule has 0 unspecified atom stereocenters. The van der Waals surface area contributed by atoms with Crippen molar-refractivity contribution < 1.29 is 14.6 Å². The Balaban J connectivity index is 2.61. The molecule has 0 heterocycles. The lowest BCUT2D eigenvalue weighted by Crippen LogP contribution is -2.19. The second-order valence-corrected chi connectivity index (χ2v) is 5.36. The van der Waals surface area contributed by atoms with Crippen molar-refractivity contribution in [1.82, 2.24) is 0 Å². The molecule has 0 aliphatic heterocycles. The Kier molecular flexibility index (Phi) is 3.73. The van der Waals surface area contributed by atoms with Gasteiger partial charge in [0.1, 0.15) is 5.54 Å². The molecule has 0 atom stereocenters. The number of methoxy groups -OCH3 is 1. The van der Waals surface area contributed by atoms with Gasteiger partial charge < -0.3 is 9.84 Å². The van der Waals surface area contributed by atoms with E-state index in [1.54, 1.807) is 18.2 Å². The highest BCUT2D eigenvalue weighted by atomic mass is 79.9. The Morgan fingerprint density at radius 1 is 1.44 bits per heavy atom. The number of halogens is 1. The smallest absolute Gasteiger partial charge is 0.235 e. The molecule has 0 radical (unpaired) electrons. The van der Waals surface area contributed by atoms with Crippen LogP contribution in [0.2, 0.25) is 0 Å². The topological polar surface area (TPSA) is 58.9 Å². The maximum Gasteiger partial charge on any atom is 0.235 e. The number of isocyanates is 1. The number of hydrogen-bond acceptors (Lipinski definition) is 4. The quantitative estimate of drug-likeness (QED) is 0.688. The maximum absolute atomic E-state index is 10.7. The van der Waals surface area contributed by atoms with Crippen molar-refractivity contribution in [3.63, 3.8) is 0 Å². The molecule has 1 fully saturated rings. The predicted molar refractivity (Wildman–Crippen MR) is 70.6 cm³/mol. The Bertz CT molecular complexity index is 503. The first kappa shape index (κ1) is 13.1. The minimum Gasteiger partial charge on any atom is -0.504 e. The molecule has 18 heavy (non-hydrogen) atoms. The summed E-state index contributed by atoms with van der Waals surface area (Å²) in [5.74, 6) is 0.438. The molecule has 5 heteroatoms. The normalized spacial score (nSPS) is 17.2. The molecule has 0 spiro atoms. The van der Waals surface area contributed by atoms with Crippen LogP contribution >= 0.6 is 15.9 Å². The van der Waals surface area contributed by atoms with Crippen molar-refractivity contribution in [1.29, 1.82) is 0 Å². The van der Waals surface area contributed by atoms with E-state index >= 15 is 0 Å². The first-order valence-corrected chi connectivity index (χ1v) is 6.58. The molecular weight excluding hydrogens is 298 g/mol. The lowest BCUT2D eigenvalue weighted by atomic mass is 9.88. The Morgan fingerprint density at radius 2 is 2.11 bits per heavy atom. The largest absolute Gasteiger partial charge is 0.504 e. The van der Waals surface area contributed by atoms with Gasteiger partial charge in [-0.15, -0.1) is 0 Å². The Labute approximate surface area is 114 Å². The van der Waals surface area contributed by atoms with Crippen LogP contribution in [0.1, 0.15) is 31.2 Å². The van der Waals surface area contributed by atoms with Crippen LogP contribution in [-0.4, -0.2) is 18.3 Å². The van der Waals surface area contributed by atoms with Crippen LogP contribution in [0, 0.1) is 0 Å². The summed E-state index contributed by atoms with van der Waals surface area (Å²) in [5, 5.41) is 10.2. The summed E-state index contributed by atoms with van der Waals surface area (Å²) >= 11 is 3.38. The highest BCUT2D eigenvalue weighted by Crippen LogP contribution is 2.48. The van der Waals surface area contributed by atoms with Crippen molar-refractivity contribution in [3.8, 4) is 11.5 Å². The van der Waals surface area contributed by atoms with Gasteiger partial charge in [0, 0.05) is 10.0 Å². The molecule has 4 nitrogen and oxygen atoms in total. The van der Waals surface area contributed by atoms with E-state index in [1.165, 1.54) is 7.11 Å².